The zero-order chi connectivity index (χ0) is 24.5. The quantitative estimate of drug-likeness (QED) is 0.423. The first-order valence-corrected chi connectivity index (χ1v) is 11.9. The summed E-state index contributed by atoms with van der Waals surface area (Å²) in [6, 6.07) is 14.9. The average molecular weight is 492 g/mol. The van der Waals surface area contributed by atoms with E-state index in [0.717, 1.165) is 17.1 Å². The highest BCUT2D eigenvalue weighted by Gasteiger charge is 2.27. The maximum Gasteiger partial charge on any atom is 0.292 e. The molecule has 4 aromatic rings. The Morgan fingerprint density at radius 3 is 2.49 bits per heavy atom. The van der Waals surface area contributed by atoms with Crippen LogP contribution >= 0.6 is 11.6 Å². The second kappa shape index (κ2) is 9.46. The number of amides is 1. The Bertz CT molecular complexity index is 1400. The van der Waals surface area contributed by atoms with E-state index in [1.807, 2.05) is 60.0 Å². The molecule has 0 radical (unpaired) electrons. The maximum atomic E-state index is 13.3. The van der Waals surface area contributed by atoms with Crippen LogP contribution in [-0.4, -0.2) is 51.3 Å². The minimum Gasteiger partial charge on any atom is -0.467 e. The monoisotopic (exact) mass is 491 g/mol. The predicted molar refractivity (Wildman–Crippen MR) is 135 cm³/mol. The minimum absolute atomic E-state index is 0.00663. The van der Waals surface area contributed by atoms with Crippen LogP contribution in [0, 0.1) is 13.8 Å². The molecule has 0 N–H and O–H groups in total. The summed E-state index contributed by atoms with van der Waals surface area (Å²) in [4.78, 5) is 30.0. The van der Waals surface area contributed by atoms with E-state index in [9.17, 15) is 9.59 Å². The van der Waals surface area contributed by atoms with E-state index in [4.69, 9.17) is 16.0 Å². The first-order chi connectivity index (χ1) is 16.9. The Morgan fingerprint density at radius 1 is 1.06 bits per heavy atom. The first kappa shape index (κ1) is 23.0. The van der Waals surface area contributed by atoms with Crippen LogP contribution in [0.2, 0.25) is 5.02 Å². The van der Waals surface area contributed by atoms with Crippen molar-refractivity contribution < 1.29 is 9.21 Å². The Labute approximate surface area is 207 Å². The van der Waals surface area contributed by atoms with E-state index in [1.165, 1.54) is 4.68 Å². The smallest absolute Gasteiger partial charge is 0.292 e. The Morgan fingerprint density at radius 2 is 1.80 bits per heavy atom. The van der Waals surface area contributed by atoms with Crippen molar-refractivity contribution in [3.05, 3.63) is 99.1 Å². The molecule has 180 valence electrons. The summed E-state index contributed by atoms with van der Waals surface area (Å²) in [6.45, 7) is 6.73. The fraction of sp³-hybridized carbons (Fsp3) is 0.269. The highest BCUT2D eigenvalue weighted by Crippen LogP contribution is 2.25. The normalized spacial score (nSPS) is 13.9. The van der Waals surface area contributed by atoms with Gasteiger partial charge in [-0.3, -0.25) is 9.59 Å². The molecular weight excluding hydrogens is 466 g/mol. The lowest BCUT2D eigenvalue weighted by Gasteiger charge is -2.36. The van der Waals surface area contributed by atoms with Gasteiger partial charge in [-0.15, -0.1) is 0 Å². The van der Waals surface area contributed by atoms with Crippen molar-refractivity contribution in [3.63, 3.8) is 0 Å². The molecule has 9 heteroatoms. The van der Waals surface area contributed by atoms with Gasteiger partial charge in [-0.1, -0.05) is 29.8 Å². The zero-order valence-electron chi connectivity index (χ0n) is 19.6. The van der Waals surface area contributed by atoms with Crippen LogP contribution in [0.1, 0.15) is 27.5 Å². The van der Waals surface area contributed by atoms with E-state index < -0.39 is 0 Å². The van der Waals surface area contributed by atoms with Gasteiger partial charge in [-0.25, -0.2) is 0 Å². The summed E-state index contributed by atoms with van der Waals surface area (Å²) in [5.74, 6) is 0.853. The zero-order valence-corrected chi connectivity index (χ0v) is 20.4. The number of piperazine rings is 1. The Balaban J connectivity index is 1.29. The molecule has 1 amide bonds. The lowest BCUT2D eigenvalue weighted by atomic mass is 10.2. The molecule has 5 rings (SSSR count). The van der Waals surface area contributed by atoms with Crippen LogP contribution in [0.15, 0.2) is 70.2 Å². The third-order valence-electron chi connectivity index (χ3n) is 6.51. The molecule has 35 heavy (non-hydrogen) atoms. The number of carbonyl (C=O) groups is 1. The topological polar surface area (TPSA) is 76.5 Å². The minimum atomic E-state index is -0.363. The Hall–Kier alpha value is -3.78. The number of furan rings is 1. The first-order valence-electron chi connectivity index (χ1n) is 11.5. The van der Waals surface area contributed by atoms with Crippen LogP contribution in [0.25, 0.3) is 5.69 Å². The molecule has 0 bridgehead atoms. The van der Waals surface area contributed by atoms with Gasteiger partial charge in [0.15, 0.2) is 0 Å². The van der Waals surface area contributed by atoms with E-state index in [-0.39, 0.29) is 16.5 Å². The van der Waals surface area contributed by atoms with Crippen molar-refractivity contribution in [2.75, 3.05) is 31.1 Å². The largest absolute Gasteiger partial charge is 0.467 e. The second-order valence-electron chi connectivity index (χ2n) is 8.63. The fourth-order valence-corrected chi connectivity index (χ4v) is 4.79. The van der Waals surface area contributed by atoms with Gasteiger partial charge in [0.1, 0.15) is 10.8 Å². The number of aryl methyl sites for hydroxylation is 1. The van der Waals surface area contributed by atoms with Crippen LogP contribution in [0.5, 0.6) is 0 Å². The molecule has 1 aliphatic rings. The molecule has 0 spiro atoms. The third-order valence-corrected chi connectivity index (χ3v) is 6.86. The molecular formula is C26H26ClN5O3. The number of carbonyl (C=O) groups excluding carboxylic acids is 1. The van der Waals surface area contributed by atoms with E-state index >= 15 is 0 Å². The van der Waals surface area contributed by atoms with Crippen molar-refractivity contribution in [1.82, 2.24) is 19.2 Å². The van der Waals surface area contributed by atoms with Crippen LogP contribution < -0.4 is 10.5 Å². The predicted octanol–water partition coefficient (Wildman–Crippen LogP) is 3.91. The summed E-state index contributed by atoms with van der Waals surface area (Å²) in [6.07, 6.45) is 3.27. The highest BCUT2D eigenvalue weighted by molar-refractivity contribution is 6.33. The number of para-hydroxylation sites is 1. The summed E-state index contributed by atoms with van der Waals surface area (Å²) >= 11 is 6.47. The van der Waals surface area contributed by atoms with Gasteiger partial charge in [0, 0.05) is 37.6 Å². The van der Waals surface area contributed by atoms with E-state index in [1.54, 1.807) is 24.6 Å². The highest BCUT2D eigenvalue weighted by atomic mass is 35.5. The molecule has 4 heterocycles. The second-order valence-corrected chi connectivity index (χ2v) is 9.00. The van der Waals surface area contributed by atoms with Crippen LogP contribution in [0.3, 0.4) is 0 Å². The number of nitrogens with zero attached hydrogens (tertiary/aromatic N) is 5. The summed E-state index contributed by atoms with van der Waals surface area (Å²) in [7, 11) is 0. The lowest BCUT2D eigenvalue weighted by molar-refractivity contribution is 0.0746. The lowest BCUT2D eigenvalue weighted by Crippen LogP contribution is -2.49. The Kier molecular flexibility index (Phi) is 6.21. The van der Waals surface area contributed by atoms with E-state index in [2.05, 4.69) is 9.67 Å². The SMILES string of the molecule is Cc1cc(C(=O)N2CCN(c3cnn(-c4ccccc4)c(=O)c3Cl)CC2)c(C)n1Cc1ccco1. The molecule has 1 saturated heterocycles. The van der Waals surface area contributed by atoms with Crippen molar-refractivity contribution in [3.8, 4) is 5.69 Å². The number of halogens is 1. The molecule has 3 aromatic heterocycles. The van der Waals surface area contributed by atoms with Crippen LogP contribution in [0.4, 0.5) is 5.69 Å². The van der Waals surface area contributed by atoms with Gasteiger partial charge >= 0.3 is 0 Å². The number of aromatic nitrogens is 3. The van der Waals surface area contributed by atoms with Gasteiger partial charge in [0.05, 0.1) is 35.9 Å². The van der Waals surface area contributed by atoms with Gasteiger partial charge < -0.3 is 18.8 Å². The van der Waals surface area contributed by atoms with Crippen molar-refractivity contribution in [2.45, 2.75) is 20.4 Å². The summed E-state index contributed by atoms with van der Waals surface area (Å²) < 4.78 is 8.86. The maximum absolute atomic E-state index is 13.3. The summed E-state index contributed by atoms with van der Waals surface area (Å²) in [5, 5.41) is 4.46. The molecule has 0 aliphatic carbocycles. The van der Waals surface area contributed by atoms with Gasteiger partial charge in [-0.05, 0) is 44.2 Å². The fourth-order valence-electron chi connectivity index (χ4n) is 4.54. The molecule has 1 aliphatic heterocycles. The number of rotatable bonds is 5. The van der Waals surface area contributed by atoms with E-state index in [0.29, 0.717) is 49.7 Å². The molecule has 1 aromatic carbocycles. The third kappa shape index (κ3) is 4.37. The van der Waals surface area contributed by atoms with Gasteiger partial charge in [0.2, 0.25) is 0 Å². The van der Waals surface area contributed by atoms with Gasteiger partial charge in [-0.2, -0.15) is 9.78 Å². The molecule has 0 unspecified atom stereocenters. The molecule has 0 saturated carbocycles. The average Bonchev–Trinajstić information content (AvgIpc) is 3.50. The number of hydrogen-bond donors (Lipinski definition) is 0. The standard InChI is InChI=1S/C26H26ClN5O3/c1-18-15-22(19(2)31(18)17-21-9-6-14-35-21)25(33)30-12-10-29(11-13-30)23-16-28-32(26(34)24(23)27)20-7-4-3-5-8-20/h3-9,14-16H,10-13,17H2,1-2H3. The number of hydrogen-bond acceptors (Lipinski definition) is 5. The van der Waals surface area contributed by atoms with Crippen molar-refractivity contribution >= 4 is 23.2 Å². The van der Waals surface area contributed by atoms with Crippen molar-refractivity contribution in [2.24, 2.45) is 0 Å². The van der Waals surface area contributed by atoms with Crippen molar-refractivity contribution in [1.29, 1.82) is 0 Å². The molecule has 0 atom stereocenters. The molecule has 1 fully saturated rings. The summed E-state index contributed by atoms with van der Waals surface area (Å²) in [5.41, 5.74) is 3.52. The van der Waals surface area contributed by atoms with Gasteiger partial charge in [0.25, 0.3) is 11.5 Å². The molecule has 8 nitrogen and oxygen atoms in total. The number of anilines is 1. The van der Waals surface area contributed by atoms with Crippen LogP contribution in [-0.2, 0) is 6.54 Å². The number of benzene rings is 1.